The number of hydrogen-bond donors (Lipinski definition) is 0. The summed E-state index contributed by atoms with van der Waals surface area (Å²) in [7, 11) is 1.54. The fourth-order valence-corrected chi connectivity index (χ4v) is 3.33. The maximum Gasteiger partial charge on any atom is 0.248 e. The van der Waals surface area contributed by atoms with Crippen LogP contribution < -0.4 is 0 Å². The molecule has 2 heterocycles. The molecule has 2 aliphatic rings. The van der Waals surface area contributed by atoms with Gasteiger partial charge in [-0.3, -0.25) is 4.79 Å². The minimum absolute atomic E-state index is 0.00295. The summed E-state index contributed by atoms with van der Waals surface area (Å²) >= 11 is 0. The summed E-state index contributed by atoms with van der Waals surface area (Å²) in [6, 6.07) is 10.1. The summed E-state index contributed by atoms with van der Waals surface area (Å²) in [5, 5.41) is 0. The fraction of sp³-hybridized carbons (Fsp3) is 0.588. The molecule has 5 nitrogen and oxygen atoms in total. The van der Waals surface area contributed by atoms with Crippen LogP contribution in [0.3, 0.4) is 0 Å². The molecule has 1 aromatic carbocycles. The molecule has 0 aromatic heterocycles. The van der Waals surface area contributed by atoms with Crippen LogP contribution in [0, 0.1) is 0 Å². The maximum absolute atomic E-state index is 12.1. The van der Waals surface area contributed by atoms with Gasteiger partial charge in [-0.1, -0.05) is 30.3 Å². The molecule has 0 N–H and O–H groups in total. The minimum Gasteiger partial charge on any atom is -0.375 e. The summed E-state index contributed by atoms with van der Waals surface area (Å²) in [6.07, 6.45) is 1.90. The summed E-state index contributed by atoms with van der Waals surface area (Å²) < 4.78 is 17.1. The summed E-state index contributed by atoms with van der Waals surface area (Å²) in [6.45, 7) is 2.59. The van der Waals surface area contributed by atoms with Gasteiger partial charge >= 0.3 is 0 Å². The van der Waals surface area contributed by atoms with E-state index in [4.69, 9.17) is 14.2 Å². The average Bonchev–Trinajstić information content (AvgIpc) is 3.15. The van der Waals surface area contributed by atoms with Gasteiger partial charge in [0.15, 0.2) is 0 Å². The van der Waals surface area contributed by atoms with Crippen LogP contribution in [0.15, 0.2) is 30.3 Å². The number of carbonyl (C=O) groups is 1. The lowest BCUT2D eigenvalue weighted by atomic mass is 9.96. The van der Waals surface area contributed by atoms with Crippen molar-refractivity contribution in [3.8, 4) is 0 Å². The molecule has 2 atom stereocenters. The van der Waals surface area contributed by atoms with Crippen molar-refractivity contribution < 1.29 is 19.0 Å². The molecule has 5 heteroatoms. The Labute approximate surface area is 131 Å². The number of likely N-dealkylation sites (tertiary alicyclic amines) is 1. The van der Waals surface area contributed by atoms with Crippen LogP contribution in [0.25, 0.3) is 0 Å². The largest absolute Gasteiger partial charge is 0.375 e. The van der Waals surface area contributed by atoms with Crippen LogP contribution in [-0.2, 0) is 25.6 Å². The number of benzene rings is 1. The molecular formula is C17H23NO4. The van der Waals surface area contributed by atoms with Gasteiger partial charge < -0.3 is 19.1 Å². The Morgan fingerprint density at radius 3 is 2.91 bits per heavy atom. The number of ether oxygens (including phenoxy) is 3. The quantitative estimate of drug-likeness (QED) is 0.829. The number of hydrogen-bond acceptors (Lipinski definition) is 4. The zero-order chi connectivity index (χ0) is 15.4. The van der Waals surface area contributed by atoms with Crippen molar-refractivity contribution in [3.63, 3.8) is 0 Å². The molecule has 2 aliphatic heterocycles. The van der Waals surface area contributed by atoms with E-state index in [-0.39, 0.29) is 24.2 Å². The monoisotopic (exact) mass is 305 g/mol. The van der Waals surface area contributed by atoms with E-state index in [1.165, 1.54) is 0 Å². The molecule has 1 amide bonds. The van der Waals surface area contributed by atoms with Crippen LogP contribution in [0.1, 0.15) is 18.4 Å². The number of carbonyl (C=O) groups excluding carboxylic acids is 1. The Bertz CT molecular complexity index is 499. The van der Waals surface area contributed by atoms with Gasteiger partial charge in [0, 0.05) is 20.3 Å². The molecule has 0 saturated carbocycles. The van der Waals surface area contributed by atoms with Crippen LogP contribution >= 0.6 is 0 Å². The van der Waals surface area contributed by atoms with Gasteiger partial charge in [-0.2, -0.15) is 0 Å². The normalized spacial score (nSPS) is 27.7. The highest BCUT2D eigenvalue weighted by Crippen LogP contribution is 2.37. The molecule has 0 bridgehead atoms. The zero-order valence-corrected chi connectivity index (χ0v) is 13.0. The van der Waals surface area contributed by atoms with E-state index in [0.29, 0.717) is 19.7 Å². The molecule has 1 aromatic rings. The highest BCUT2D eigenvalue weighted by atomic mass is 16.6. The second-order valence-electron chi connectivity index (χ2n) is 6.01. The highest BCUT2D eigenvalue weighted by molar-refractivity contribution is 5.78. The standard InChI is InChI=1S/C17H23NO4/c1-20-12-16(19)18-10-15(17(13-18)8-5-9-22-17)21-11-14-6-3-2-4-7-14/h2-4,6-7,15H,5,8-13H2,1H3/t15-,17-/m0/s1. The molecule has 22 heavy (non-hydrogen) atoms. The van der Waals surface area contributed by atoms with Crippen LogP contribution in [0.4, 0.5) is 0 Å². The van der Waals surface area contributed by atoms with Gasteiger partial charge in [-0.25, -0.2) is 0 Å². The molecule has 0 unspecified atom stereocenters. The SMILES string of the molecule is COCC(=O)N1C[C@H](OCc2ccccc2)[C@]2(CCCO2)C1. The molecule has 2 saturated heterocycles. The first-order valence-corrected chi connectivity index (χ1v) is 7.80. The fourth-order valence-electron chi connectivity index (χ4n) is 3.33. The van der Waals surface area contributed by atoms with E-state index in [0.717, 1.165) is 25.0 Å². The van der Waals surface area contributed by atoms with Crippen molar-refractivity contribution in [2.75, 3.05) is 33.4 Å². The Balaban J connectivity index is 1.66. The van der Waals surface area contributed by atoms with Crippen molar-refractivity contribution >= 4 is 5.91 Å². The van der Waals surface area contributed by atoms with Crippen LogP contribution in [-0.4, -0.2) is 55.9 Å². The van der Waals surface area contributed by atoms with E-state index < -0.39 is 0 Å². The smallest absolute Gasteiger partial charge is 0.248 e. The van der Waals surface area contributed by atoms with Gasteiger partial charge in [-0.05, 0) is 18.4 Å². The van der Waals surface area contributed by atoms with Crippen LogP contribution in [0.2, 0.25) is 0 Å². The van der Waals surface area contributed by atoms with E-state index in [9.17, 15) is 4.79 Å². The molecule has 1 spiro atoms. The lowest BCUT2D eigenvalue weighted by Crippen LogP contribution is -2.42. The van der Waals surface area contributed by atoms with Gasteiger partial charge in [0.2, 0.25) is 5.91 Å². The number of methoxy groups -OCH3 is 1. The maximum atomic E-state index is 12.1. The minimum atomic E-state index is -0.335. The number of nitrogens with zero attached hydrogens (tertiary/aromatic N) is 1. The van der Waals surface area contributed by atoms with Crippen molar-refractivity contribution in [1.82, 2.24) is 4.90 Å². The van der Waals surface area contributed by atoms with Crippen LogP contribution in [0.5, 0.6) is 0 Å². The van der Waals surface area contributed by atoms with Gasteiger partial charge in [0.1, 0.15) is 18.3 Å². The predicted octanol–water partition coefficient (Wildman–Crippen LogP) is 1.61. The summed E-state index contributed by atoms with van der Waals surface area (Å²) in [4.78, 5) is 13.9. The Hall–Kier alpha value is -1.43. The zero-order valence-electron chi connectivity index (χ0n) is 13.0. The highest BCUT2D eigenvalue weighted by Gasteiger charge is 2.51. The third-order valence-electron chi connectivity index (χ3n) is 4.48. The lowest BCUT2D eigenvalue weighted by Gasteiger charge is -2.28. The number of amides is 1. The van der Waals surface area contributed by atoms with Gasteiger partial charge in [0.25, 0.3) is 0 Å². The molecule has 2 fully saturated rings. The summed E-state index contributed by atoms with van der Waals surface area (Å²) in [5.41, 5.74) is 0.801. The molecule has 0 radical (unpaired) electrons. The molecular weight excluding hydrogens is 282 g/mol. The predicted molar refractivity (Wildman–Crippen MR) is 81.4 cm³/mol. The Morgan fingerprint density at radius 1 is 1.41 bits per heavy atom. The Kier molecular flexibility index (Phi) is 4.76. The van der Waals surface area contributed by atoms with E-state index >= 15 is 0 Å². The van der Waals surface area contributed by atoms with Crippen molar-refractivity contribution in [2.45, 2.75) is 31.2 Å². The van der Waals surface area contributed by atoms with Crippen molar-refractivity contribution in [3.05, 3.63) is 35.9 Å². The first-order valence-electron chi connectivity index (χ1n) is 7.80. The molecule has 120 valence electrons. The van der Waals surface area contributed by atoms with E-state index in [1.54, 1.807) is 7.11 Å². The average molecular weight is 305 g/mol. The molecule has 3 rings (SSSR count). The van der Waals surface area contributed by atoms with E-state index in [2.05, 4.69) is 0 Å². The van der Waals surface area contributed by atoms with Gasteiger partial charge in [-0.15, -0.1) is 0 Å². The number of rotatable bonds is 5. The lowest BCUT2D eigenvalue weighted by molar-refractivity contribution is -0.135. The van der Waals surface area contributed by atoms with Gasteiger partial charge in [0.05, 0.1) is 13.2 Å². The first-order chi connectivity index (χ1) is 10.7. The topological polar surface area (TPSA) is 48.0 Å². The second kappa shape index (κ2) is 6.77. The Morgan fingerprint density at radius 2 is 2.23 bits per heavy atom. The first kappa shape index (κ1) is 15.5. The third-order valence-corrected chi connectivity index (χ3v) is 4.48. The molecule has 0 aliphatic carbocycles. The van der Waals surface area contributed by atoms with E-state index in [1.807, 2.05) is 35.2 Å². The second-order valence-corrected chi connectivity index (χ2v) is 6.01. The summed E-state index contributed by atoms with van der Waals surface area (Å²) in [5.74, 6) is 0.00295. The van der Waals surface area contributed by atoms with Crippen molar-refractivity contribution in [2.24, 2.45) is 0 Å². The third kappa shape index (κ3) is 3.16. The van der Waals surface area contributed by atoms with Crippen molar-refractivity contribution in [1.29, 1.82) is 0 Å².